The number of anilines is 1. The van der Waals surface area contributed by atoms with Crippen LogP contribution in [0.1, 0.15) is 23.7 Å². The Kier molecular flexibility index (Phi) is 5.96. The first-order valence-electron chi connectivity index (χ1n) is 8.79. The van der Waals surface area contributed by atoms with E-state index in [-0.39, 0.29) is 12.3 Å². The van der Waals surface area contributed by atoms with Crippen LogP contribution in [-0.4, -0.2) is 36.2 Å². The van der Waals surface area contributed by atoms with Crippen LogP contribution in [0.4, 0.5) is 5.13 Å². The van der Waals surface area contributed by atoms with E-state index in [1.807, 2.05) is 31.2 Å². The number of carbonyl (C=O) groups excluding carboxylic acids is 1. The van der Waals surface area contributed by atoms with Crippen LogP contribution < -0.4 is 5.32 Å². The highest BCUT2D eigenvalue weighted by Gasteiger charge is 2.12. The predicted molar refractivity (Wildman–Crippen MR) is 109 cm³/mol. The van der Waals surface area contributed by atoms with Gasteiger partial charge in [-0.05, 0) is 13.0 Å². The number of amides is 1. The third kappa shape index (κ3) is 5.27. The minimum absolute atomic E-state index is 0.140. The molecule has 0 fully saturated rings. The number of aromatic nitrogens is 6. The maximum atomic E-state index is 11.9. The Labute approximate surface area is 174 Å². The van der Waals surface area contributed by atoms with Crippen LogP contribution in [0, 0.1) is 6.92 Å². The Morgan fingerprint density at radius 1 is 1.34 bits per heavy atom. The van der Waals surface area contributed by atoms with Gasteiger partial charge in [-0.1, -0.05) is 40.7 Å². The number of hydrogen-bond acceptors (Lipinski definition) is 9. The van der Waals surface area contributed by atoms with Gasteiger partial charge in [0.15, 0.2) is 16.8 Å². The number of aryl methyl sites for hydroxylation is 2. The van der Waals surface area contributed by atoms with Crippen LogP contribution in [0.2, 0.25) is 0 Å². The lowest BCUT2D eigenvalue weighted by Gasteiger charge is -1.98. The van der Waals surface area contributed by atoms with E-state index in [2.05, 4.69) is 35.6 Å². The summed E-state index contributed by atoms with van der Waals surface area (Å²) in [4.78, 5) is 24.7. The van der Waals surface area contributed by atoms with Crippen molar-refractivity contribution < 1.29 is 9.32 Å². The molecule has 4 rings (SSSR count). The summed E-state index contributed by atoms with van der Waals surface area (Å²) < 4.78 is 5.21. The molecule has 2 N–H and O–H groups in total. The van der Waals surface area contributed by atoms with Crippen LogP contribution in [-0.2, 0) is 17.0 Å². The Morgan fingerprint density at radius 3 is 3.10 bits per heavy atom. The molecular weight excluding hydrogens is 410 g/mol. The Morgan fingerprint density at radius 2 is 2.28 bits per heavy atom. The quantitative estimate of drug-likeness (QED) is 0.410. The number of benzene rings is 1. The lowest BCUT2D eigenvalue weighted by molar-refractivity contribution is -0.116. The highest BCUT2D eigenvalue weighted by atomic mass is 32.2. The predicted octanol–water partition coefficient (Wildman–Crippen LogP) is 3.48. The maximum absolute atomic E-state index is 11.9. The van der Waals surface area contributed by atoms with E-state index in [1.165, 1.54) is 23.1 Å². The summed E-state index contributed by atoms with van der Waals surface area (Å²) in [6.45, 7) is 2.03. The van der Waals surface area contributed by atoms with E-state index in [0.717, 1.165) is 17.0 Å². The number of nitrogens with zero attached hydrogens (tertiary/aromatic N) is 5. The van der Waals surface area contributed by atoms with Crippen molar-refractivity contribution >= 4 is 34.1 Å². The van der Waals surface area contributed by atoms with Crippen LogP contribution in [0.3, 0.4) is 0 Å². The average molecular weight is 428 g/mol. The van der Waals surface area contributed by atoms with Crippen molar-refractivity contribution in [1.82, 2.24) is 30.3 Å². The highest BCUT2D eigenvalue weighted by Crippen LogP contribution is 2.22. The van der Waals surface area contributed by atoms with Crippen molar-refractivity contribution in [2.45, 2.75) is 30.7 Å². The first-order valence-corrected chi connectivity index (χ1v) is 10.7. The second kappa shape index (κ2) is 8.97. The molecule has 29 heavy (non-hydrogen) atoms. The van der Waals surface area contributed by atoms with Crippen LogP contribution >= 0.6 is 23.1 Å². The summed E-state index contributed by atoms with van der Waals surface area (Å²) in [5.74, 6) is 2.01. The molecule has 1 aromatic carbocycles. The van der Waals surface area contributed by atoms with Crippen molar-refractivity contribution in [3.63, 3.8) is 0 Å². The van der Waals surface area contributed by atoms with Crippen molar-refractivity contribution in [2.24, 2.45) is 0 Å². The molecule has 0 atom stereocenters. The summed E-state index contributed by atoms with van der Waals surface area (Å²) >= 11 is 2.78. The van der Waals surface area contributed by atoms with Gasteiger partial charge >= 0.3 is 0 Å². The number of carbonyl (C=O) groups is 1. The zero-order valence-corrected chi connectivity index (χ0v) is 17.1. The van der Waals surface area contributed by atoms with E-state index in [1.54, 1.807) is 11.6 Å². The summed E-state index contributed by atoms with van der Waals surface area (Å²) in [6.07, 6.45) is 2.25. The summed E-state index contributed by atoms with van der Waals surface area (Å²) in [6, 6.07) is 8.05. The summed E-state index contributed by atoms with van der Waals surface area (Å²) in [7, 11) is 0. The third-order valence-electron chi connectivity index (χ3n) is 3.84. The van der Waals surface area contributed by atoms with E-state index < -0.39 is 0 Å². The standard InChI is InChI=1S/C18H17N7O2S2/c1-11-3-2-4-12(9-11)16-22-18(24-23-16)29-10-13-20-15(27-25-13)6-5-14(26)21-17-19-7-8-28-17/h2-4,7-9H,5-6,10H2,1H3,(H,19,21,26)(H,22,23,24). The average Bonchev–Trinajstić information content (AvgIpc) is 3.47. The Hall–Kier alpha value is -3.05. The van der Waals surface area contributed by atoms with Crippen molar-refractivity contribution in [1.29, 1.82) is 0 Å². The fraction of sp³-hybridized carbons (Fsp3) is 0.222. The Balaban J connectivity index is 1.27. The van der Waals surface area contributed by atoms with Gasteiger partial charge in [-0.3, -0.25) is 9.89 Å². The van der Waals surface area contributed by atoms with Crippen LogP contribution in [0.5, 0.6) is 0 Å². The number of H-pyrrole nitrogens is 1. The fourth-order valence-corrected chi connectivity index (χ4v) is 3.69. The number of thioether (sulfide) groups is 1. The molecule has 0 aliphatic carbocycles. The molecule has 0 saturated heterocycles. The molecule has 1 amide bonds. The van der Waals surface area contributed by atoms with Gasteiger partial charge in [-0.25, -0.2) is 9.97 Å². The topological polar surface area (TPSA) is 122 Å². The number of rotatable bonds is 8. The number of thiazole rings is 1. The third-order valence-corrected chi connectivity index (χ3v) is 5.37. The largest absolute Gasteiger partial charge is 0.339 e. The molecule has 3 aromatic heterocycles. The fourth-order valence-electron chi connectivity index (χ4n) is 2.50. The van der Waals surface area contributed by atoms with E-state index in [4.69, 9.17) is 4.52 Å². The van der Waals surface area contributed by atoms with Gasteiger partial charge in [0, 0.05) is 30.0 Å². The molecule has 3 heterocycles. The number of hydrogen-bond donors (Lipinski definition) is 2. The molecular formula is C18H17N7O2S2. The minimum atomic E-state index is -0.140. The molecule has 0 bridgehead atoms. The van der Waals surface area contributed by atoms with Gasteiger partial charge in [-0.15, -0.1) is 16.4 Å². The zero-order chi connectivity index (χ0) is 20.1. The monoisotopic (exact) mass is 427 g/mol. The van der Waals surface area contributed by atoms with Crippen LogP contribution in [0.25, 0.3) is 11.4 Å². The second-order valence-electron chi connectivity index (χ2n) is 6.11. The molecule has 0 unspecified atom stereocenters. The maximum Gasteiger partial charge on any atom is 0.227 e. The van der Waals surface area contributed by atoms with Gasteiger partial charge in [0.1, 0.15) is 0 Å². The molecule has 0 spiro atoms. The van der Waals surface area contributed by atoms with Crippen LogP contribution in [0.15, 0.2) is 45.5 Å². The van der Waals surface area contributed by atoms with Crippen molar-refractivity contribution in [3.8, 4) is 11.4 Å². The summed E-state index contributed by atoms with van der Waals surface area (Å²) in [5.41, 5.74) is 2.15. The first-order chi connectivity index (χ1) is 14.2. The molecule has 9 nitrogen and oxygen atoms in total. The molecule has 0 aliphatic rings. The molecule has 148 valence electrons. The molecule has 0 saturated carbocycles. The molecule has 4 aromatic rings. The lowest BCUT2D eigenvalue weighted by Crippen LogP contribution is -2.12. The van der Waals surface area contributed by atoms with Gasteiger partial charge < -0.3 is 9.84 Å². The van der Waals surface area contributed by atoms with Crippen molar-refractivity contribution in [2.75, 3.05) is 5.32 Å². The number of aromatic amines is 1. The second-order valence-corrected chi connectivity index (χ2v) is 7.95. The van der Waals surface area contributed by atoms with Gasteiger partial charge in [-0.2, -0.15) is 4.98 Å². The van der Waals surface area contributed by atoms with E-state index in [9.17, 15) is 4.79 Å². The van der Waals surface area contributed by atoms with E-state index >= 15 is 0 Å². The smallest absolute Gasteiger partial charge is 0.227 e. The Bertz CT molecular complexity index is 1090. The normalized spacial score (nSPS) is 10.9. The SMILES string of the molecule is Cc1cccc(-c2nc(SCc3noc(CCC(=O)Nc4nccs4)n3)n[nH]2)c1. The number of nitrogens with one attached hydrogen (secondary N) is 2. The lowest BCUT2D eigenvalue weighted by atomic mass is 10.1. The van der Waals surface area contributed by atoms with Gasteiger partial charge in [0.2, 0.25) is 17.0 Å². The highest BCUT2D eigenvalue weighted by molar-refractivity contribution is 7.98. The molecule has 11 heteroatoms. The zero-order valence-electron chi connectivity index (χ0n) is 15.5. The van der Waals surface area contributed by atoms with Gasteiger partial charge in [0.05, 0.1) is 5.75 Å². The summed E-state index contributed by atoms with van der Waals surface area (Å²) in [5, 5.41) is 16.8. The first kappa shape index (κ1) is 19.3. The van der Waals surface area contributed by atoms with E-state index in [0.29, 0.717) is 34.2 Å². The van der Waals surface area contributed by atoms with Gasteiger partial charge in [0.25, 0.3) is 0 Å². The van der Waals surface area contributed by atoms with Crippen molar-refractivity contribution in [3.05, 3.63) is 53.1 Å². The molecule has 0 aliphatic heterocycles. The minimum Gasteiger partial charge on any atom is -0.339 e. The molecule has 0 radical (unpaired) electrons.